The Bertz CT molecular complexity index is 347. The van der Waals surface area contributed by atoms with Gasteiger partial charge in [0, 0.05) is 0 Å². The highest BCUT2D eigenvalue weighted by molar-refractivity contribution is 7.97. The molecule has 0 fully saturated rings. The molecule has 0 atom stereocenters. The van der Waals surface area contributed by atoms with Crippen molar-refractivity contribution < 1.29 is 21.9 Å². The summed E-state index contributed by atoms with van der Waals surface area (Å²) in [5.41, 5.74) is -4.83. The highest BCUT2D eigenvalue weighted by Gasteiger charge is 2.40. The fraction of sp³-hybridized carbons (Fsp3) is 0.250. The van der Waals surface area contributed by atoms with Gasteiger partial charge in [-0.15, -0.1) is 10.2 Å². The molecule has 80 valence electrons. The van der Waals surface area contributed by atoms with E-state index in [2.05, 4.69) is 0 Å². The molecule has 2 nitrogen and oxygen atoms in total. The fourth-order valence-corrected chi connectivity index (χ4v) is 1.81. The van der Waals surface area contributed by atoms with E-state index < -0.39 is 21.5 Å². The lowest BCUT2D eigenvalue weighted by Crippen LogP contribution is -2.31. The third-order valence-electron chi connectivity index (χ3n) is 1.64. The maximum Gasteiger partial charge on any atom is 0.491 e. The minimum Gasteiger partial charge on any atom is -0.298 e. The predicted octanol–water partition coefficient (Wildman–Crippen LogP) is 2.20. The first-order valence-electron chi connectivity index (χ1n) is 3.75. The van der Waals surface area contributed by atoms with Gasteiger partial charge in [0.05, 0.1) is 5.75 Å². The quantitative estimate of drug-likeness (QED) is 0.758. The van der Waals surface area contributed by atoms with Crippen molar-refractivity contribution in [3.63, 3.8) is 0 Å². The second kappa shape index (κ2) is 3.70. The molecule has 0 heterocycles. The Labute approximate surface area is 80.0 Å². The van der Waals surface area contributed by atoms with Crippen LogP contribution in [0.5, 0.6) is 0 Å². The van der Waals surface area contributed by atoms with E-state index in [1.54, 1.807) is 6.07 Å². The summed E-state index contributed by atoms with van der Waals surface area (Å²) < 4.78 is 55.6. The molecule has 1 aromatic carbocycles. The molecule has 0 saturated heterocycles. The standard InChI is InChI=1S/C8H9F3O2S/c9-8(10,11)14(12,13)6-7-4-2-1-3-5-7/h1-5,14H,6H2,(H,12,13). The van der Waals surface area contributed by atoms with Gasteiger partial charge < -0.3 is 0 Å². The second-order valence-corrected chi connectivity index (χ2v) is 5.04. The van der Waals surface area contributed by atoms with Crippen LogP contribution in [0.3, 0.4) is 0 Å². The molecule has 0 radical (unpaired) electrons. The Hall–Kier alpha value is -0.880. The van der Waals surface area contributed by atoms with Gasteiger partial charge in [-0.3, -0.25) is 4.55 Å². The third kappa shape index (κ3) is 2.55. The van der Waals surface area contributed by atoms with E-state index >= 15 is 0 Å². The molecule has 0 bridgehead atoms. The molecular weight excluding hydrogens is 217 g/mol. The summed E-state index contributed by atoms with van der Waals surface area (Å²) in [5.74, 6) is -0.864. The lowest BCUT2D eigenvalue weighted by atomic mass is 10.2. The first kappa shape index (κ1) is 11.2. The summed E-state index contributed by atoms with van der Waals surface area (Å²) in [6, 6.07) is 7.43. The van der Waals surface area contributed by atoms with Crippen molar-refractivity contribution >= 4 is 10.2 Å². The summed E-state index contributed by atoms with van der Waals surface area (Å²) in [6.45, 7) is 0. The molecule has 0 aromatic heterocycles. The highest BCUT2D eigenvalue weighted by atomic mass is 32.3. The van der Waals surface area contributed by atoms with Crippen LogP contribution in [0.1, 0.15) is 5.56 Å². The van der Waals surface area contributed by atoms with Gasteiger partial charge in [0.2, 0.25) is 0 Å². The topological polar surface area (TPSA) is 37.3 Å². The zero-order chi connectivity index (χ0) is 10.8. The number of rotatable bonds is 2. The monoisotopic (exact) mass is 226 g/mol. The largest absolute Gasteiger partial charge is 0.491 e. The zero-order valence-electron chi connectivity index (χ0n) is 7.03. The van der Waals surface area contributed by atoms with Crippen LogP contribution in [-0.4, -0.2) is 14.3 Å². The molecule has 14 heavy (non-hydrogen) atoms. The summed E-state index contributed by atoms with van der Waals surface area (Å²) in [7, 11) is -5.10. The first-order chi connectivity index (χ1) is 6.33. The lowest BCUT2D eigenvalue weighted by Gasteiger charge is -2.25. The van der Waals surface area contributed by atoms with Crippen molar-refractivity contribution in [1.29, 1.82) is 0 Å². The van der Waals surface area contributed by atoms with Gasteiger partial charge in [-0.25, -0.2) is 4.21 Å². The Morgan fingerprint density at radius 3 is 2.14 bits per heavy atom. The maximum absolute atomic E-state index is 12.0. The van der Waals surface area contributed by atoms with Gasteiger partial charge >= 0.3 is 5.51 Å². The van der Waals surface area contributed by atoms with Crippen molar-refractivity contribution in [1.82, 2.24) is 0 Å². The van der Waals surface area contributed by atoms with E-state index in [0.29, 0.717) is 0 Å². The van der Waals surface area contributed by atoms with Crippen LogP contribution in [0.2, 0.25) is 0 Å². The van der Waals surface area contributed by atoms with Gasteiger partial charge in [-0.1, -0.05) is 30.3 Å². The Morgan fingerprint density at radius 2 is 1.71 bits per heavy atom. The lowest BCUT2D eigenvalue weighted by molar-refractivity contribution is -0.0492. The third-order valence-corrected chi connectivity index (χ3v) is 3.22. The van der Waals surface area contributed by atoms with Crippen molar-refractivity contribution in [3.05, 3.63) is 35.9 Å². The molecule has 0 spiro atoms. The van der Waals surface area contributed by atoms with Crippen LogP contribution in [0, 0.1) is 0 Å². The second-order valence-electron chi connectivity index (χ2n) is 2.81. The molecule has 0 aliphatic rings. The first-order valence-corrected chi connectivity index (χ1v) is 5.60. The van der Waals surface area contributed by atoms with Gasteiger partial charge in [-0.05, 0) is 5.56 Å². The summed E-state index contributed by atoms with van der Waals surface area (Å²) in [4.78, 5) is 0. The van der Waals surface area contributed by atoms with Gasteiger partial charge in [0.15, 0.2) is 0 Å². The Morgan fingerprint density at radius 1 is 1.21 bits per heavy atom. The van der Waals surface area contributed by atoms with E-state index in [-0.39, 0.29) is 5.56 Å². The van der Waals surface area contributed by atoms with Crippen LogP contribution in [0.4, 0.5) is 13.2 Å². The average molecular weight is 226 g/mol. The Kier molecular flexibility index (Phi) is 2.96. The summed E-state index contributed by atoms with van der Waals surface area (Å²) in [5, 5.41) is 0. The van der Waals surface area contributed by atoms with Gasteiger partial charge in [-0.2, -0.15) is 13.2 Å². The number of hydrogen-bond acceptors (Lipinski definition) is 1. The van der Waals surface area contributed by atoms with Crippen LogP contribution in [0.15, 0.2) is 30.3 Å². The molecule has 1 rings (SSSR count). The minimum absolute atomic E-state index is 0.204. The fourth-order valence-electron chi connectivity index (χ4n) is 0.921. The number of benzene rings is 1. The molecule has 6 heteroatoms. The van der Waals surface area contributed by atoms with Gasteiger partial charge in [0.1, 0.15) is 0 Å². The zero-order valence-corrected chi connectivity index (χ0v) is 7.92. The van der Waals surface area contributed by atoms with Crippen molar-refractivity contribution in [2.75, 3.05) is 0 Å². The number of thiol groups is 1. The average Bonchev–Trinajstić information content (AvgIpc) is 2.03. The van der Waals surface area contributed by atoms with Gasteiger partial charge in [0.25, 0.3) is 0 Å². The van der Waals surface area contributed by atoms with Crippen LogP contribution >= 0.6 is 0 Å². The SMILES string of the molecule is O=[SH](O)(Cc1ccccc1)C(F)(F)F. The van der Waals surface area contributed by atoms with E-state index in [4.69, 9.17) is 4.55 Å². The van der Waals surface area contributed by atoms with Crippen molar-refractivity contribution in [2.45, 2.75) is 11.3 Å². The van der Waals surface area contributed by atoms with Crippen LogP contribution in [-0.2, 0) is 16.0 Å². The highest BCUT2D eigenvalue weighted by Crippen LogP contribution is 2.30. The summed E-state index contributed by atoms with van der Waals surface area (Å²) in [6.07, 6.45) is 0. The smallest absolute Gasteiger partial charge is 0.298 e. The number of alkyl halides is 3. The number of hydrogen-bond donors (Lipinski definition) is 2. The molecule has 1 aromatic rings. The minimum atomic E-state index is -5.10. The Balaban J connectivity index is 2.85. The molecule has 0 aliphatic heterocycles. The van der Waals surface area contributed by atoms with Crippen LogP contribution < -0.4 is 0 Å². The predicted molar refractivity (Wildman–Crippen MR) is 48.4 cm³/mol. The van der Waals surface area contributed by atoms with E-state index in [0.717, 1.165) is 0 Å². The normalized spacial score (nSPS) is 14.0. The van der Waals surface area contributed by atoms with E-state index in [1.807, 2.05) is 0 Å². The van der Waals surface area contributed by atoms with E-state index in [9.17, 15) is 17.4 Å². The maximum atomic E-state index is 12.0. The summed E-state index contributed by atoms with van der Waals surface area (Å²) >= 11 is 0. The van der Waals surface area contributed by atoms with Crippen molar-refractivity contribution in [3.8, 4) is 0 Å². The molecule has 0 saturated carbocycles. The molecular formula is C8H9F3O2S. The van der Waals surface area contributed by atoms with Crippen molar-refractivity contribution in [2.24, 2.45) is 0 Å². The molecule has 0 unspecified atom stereocenters. The molecule has 1 N–H and O–H groups in total. The molecule has 0 aliphatic carbocycles. The number of halogens is 3. The van der Waals surface area contributed by atoms with E-state index in [1.165, 1.54) is 24.3 Å². The molecule has 0 amide bonds. The van der Waals surface area contributed by atoms with Crippen LogP contribution in [0.25, 0.3) is 0 Å².